The molecule has 0 aromatic carbocycles. The first-order chi connectivity index (χ1) is 9.87. The summed E-state index contributed by atoms with van der Waals surface area (Å²) in [6, 6.07) is 0. The van der Waals surface area contributed by atoms with Crippen LogP contribution < -0.4 is 0 Å². The van der Waals surface area contributed by atoms with E-state index in [9.17, 15) is 13.2 Å². The maximum Gasteiger partial charge on any atom is 0.303 e. The van der Waals surface area contributed by atoms with Crippen LogP contribution in [0.15, 0.2) is 12.2 Å². The molecule has 2 rings (SSSR count). The summed E-state index contributed by atoms with van der Waals surface area (Å²) in [5.74, 6) is 0.480. The molecule has 0 spiro atoms. The lowest BCUT2D eigenvalue weighted by Gasteiger charge is -2.29. The number of unbranched alkanes of at least 4 members (excludes halogenated alkanes) is 1. The number of carboxylic acid groups (broad SMARTS) is 1. The summed E-state index contributed by atoms with van der Waals surface area (Å²) < 4.78 is 28.1. The molecule has 2 aliphatic carbocycles. The molecule has 120 valence electrons. The van der Waals surface area contributed by atoms with E-state index in [0.717, 1.165) is 31.9 Å². The monoisotopic (exact) mass is 316 g/mol. The number of fused-ring (bicyclic) bond motifs is 2. The van der Waals surface area contributed by atoms with Crippen LogP contribution in [0.4, 0.5) is 0 Å². The Kier molecular flexibility index (Phi) is 5.43. The lowest BCUT2D eigenvalue weighted by molar-refractivity contribution is -0.137. The highest BCUT2D eigenvalue weighted by Crippen LogP contribution is 2.51. The summed E-state index contributed by atoms with van der Waals surface area (Å²) in [6.07, 6.45) is 10.8. The molecule has 21 heavy (non-hydrogen) atoms. The molecular weight excluding hydrogens is 292 g/mol. The second kappa shape index (κ2) is 6.92. The lowest BCUT2D eigenvalue weighted by Crippen LogP contribution is -2.32. The predicted octanol–water partition coefficient (Wildman–Crippen LogP) is 2.58. The first-order valence-corrected chi connectivity index (χ1v) is 9.43. The molecule has 5 nitrogen and oxygen atoms in total. The summed E-state index contributed by atoms with van der Waals surface area (Å²) in [7, 11) is -3.40. The van der Waals surface area contributed by atoms with Crippen molar-refractivity contribution in [1.29, 1.82) is 0 Å². The molecule has 4 atom stereocenters. The van der Waals surface area contributed by atoms with Crippen LogP contribution in [0.25, 0.3) is 0 Å². The Morgan fingerprint density at radius 3 is 2.67 bits per heavy atom. The van der Waals surface area contributed by atoms with Crippen LogP contribution in [-0.4, -0.2) is 31.9 Å². The van der Waals surface area contributed by atoms with Gasteiger partial charge in [0.15, 0.2) is 0 Å². The van der Waals surface area contributed by atoms with Crippen LogP contribution in [0, 0.1) is 17.8 Å². The van der Waals surface area contributed by atoms with Crippen molar-refractivity contribution in [2.24, 2.45) is 17.8 Å². The van der Waals surface area contributed by atoms with Crippen LogP contribution >= 0.6 is 0 Å². The molecule has 0 aromatic heterocycles. The van der Waals surface area contributed by atoms with Crippen molar-refractivity contribution >= 4 is 16.1 Å². The molecule has 0 saturated heterocycles. The largest absolute Gasteiger partial charge is 0.481 e. The molecule has 6 heteroatoms. The zero-order chi connectivity index (χ0) is 15.5. The van der Waals surface area contributed by atoms with Crippen molar-refractivity contribution in [2.45, 2.75) is 51.0 Å². The van der Waals surface area contributed by atoms with E-state index in [1.807, 2.05) is 6.08 Å². The van der Waals surface area contributed by atoms with Crippen molar-refractivity contribution in [3.05, 3.63) is 12.2 Å². The molecule has 2 bridgehead atoms. The standard InChI is InChI=1S/C15H24O5S/c1-21(18,19)20-15-12-9-8-11(10-12)13(15)6-4-2-3-5-7-14(16)17/h2,4,11-13,15H,3,5-10H2,1H3,(H,16,17)/b4-2-/t11-,12+,13-,15-/m1/s1. The summed E-state index contributed by atoms with van der Waals surface area (Å²) in [6.45, 7) is 0. The van der Waals surface area contributed by atoms with Crippen molar-refractivity contribution in [3.8, 4) is 0 Å². The first kappa shape index (κ1) is 16.5. The van der Waals surface area contributed by atoms with E-state index < -0.39 is 16.1 Å². The zero-order valence-corrected chi connectivity index (χ0v) is 13.2. The minimum absolute atomic E-state index is 0.164. The third kappa shape index (κ3) is 4.81. The van der Waals surface area contributed by atoms with E-state index in [4.69, 9.17) is 9.29 Å². The molecule has 0 radical (unpaired) electrons. The van der Waals surface area contributed by atoms with Gasteiger partial charge < -0.3 is 5.11 Å². The molecule has 2 aliphatic rings. The minimum Gasteiger partial charge on any atom is -0.481 e. The van der Waals surface area contributed by atoms with Crippen molar-refractivity contribution in [2.75, 3.05) is 6.26 Å². The Balaban J connectivity index is 1.83. The third-order valence-corrected chi connectivity index (χ3v) is 5.20. The quantitative estimate of drug-likeness (QED) is 0.423. The molecule has 0 aliphatic heterocycles. The smallest absolute Gasteiger partial charge is 0.303 e. The third-order valence-electron chi connectivity index (χ3n) is 4.63. The fourth-order valence-corrected chi connectivity index (χ4v) is 4.48. The number of allylic oxidation sites excluding steroid dienone is 2. The van der Waals surface area contributed by atoms with Gasteiger partial charge in [0.05, 0.1) is 12.4 Å². The minimum atomic E-state index is -3.40. The molecular formula is C15H24O5S. The average molecular weight is 316 g/mol. The summed E-state index contributed by atoms with van der Waals surface area (Å²) in [4.78, 5) is 10.4. The van der Waals surface area contributed by atoms with Gasteiger partial charge >= 0.3 is 5.97 Å². The van der Waals surface area contributed by atoms with E-state index in [2.05, 4.69) is 6.08 Å². The maximum atomic E-state index is 11.4. The highest BCUT2D eigenvalue weighted by atomic mass is 32.2. The van der Waals surface area contributed by atoms with Crippen LogP contribution in [0.5, 0.6) is 0 Å². The molecule has 2 fully saturated rings. The highest BCUT2D eigenvalue weighted by Gasteiger charge is 2.48. The van der Waals surface area contributed by atoms with Gasteiger partial charge in [0.2, 0.25) is 0 Å². The van der Waals surface area contributed by atoms with Gasteiger partial charge in [-0.1, -0.05) is 12.2 Å². The lowest BCUT2D eigenvalue weighted by atomic mass is 9.84. The molecule has 0 aromatic rings. The van der Waals surface area contributed by atoms with Crippen molar-refractivity contribution in [3.63, 3.8) is 0 Å². The van der Waals surface area contributed by atoms with Crippen molar-refractivity contribution in [1.82, 2.24) is 0 Å². The van der Waals surface area contributed by atoms with E-state index in [1.54, 1.807) is 0 Å². The fourth-order valence-electron chi connectivity index (χ4n) is 3.78. The average Bonchev–Trinajstić information content (AvgIpc) is 2.93. The van der Waals surface area contributed by atoms with Gasteiger partial charge in [-0.05, 0) is 56.3 Å². The molecule has 1 N–H and O–H groups in total. The Morgan fingerprint density at radius 2 is 2.00 bits per heavy atom. The van der Waals surface area contributed by atoms with Crippen molar-refractivity contribution < 1.29 is 22.5 Å². The van der Waals surface area contributed by atoms with Crippen LogP contribution in [0.1, 0.15) is 44.9 Å². The number of carbonyl (C=O) groups is 1. The van der Waals surface area contributed by atoms with Crippen LogP contribution in [0.3, 0.4) is 0 Å². The van der Waals surface area contributed by atoms with Crippen LogP contribution in [-0.2, 0) is 19.1 Å². The number of aliphatic carboxylic acids is 1. The highest BCUT2D eigenvalue weighted by molar-refractivity contribution is 7.86. The Morgan fingerprint density at radius 1 is 1.29 bits per heavy atom. The molecule has 0 amide bonds. The van der Waals surface area contributed by atoms with Gasteiger partial charge in [-0.3, -0.25) is 8.98 Å². The molecule has 0 unspecified atom stereocenters. The summed E-state index contributed by atoms with van der Waals surface area (Å²) in [5.41, 5.74) is 0. The van der Waals surface area contributed by atoms with E-state index in [1.165, 1.54) is 6.42 Å². The number of carboxylic acids is 1. The van der Waals surface area contributed by atoms with E-state index in [-0.39, 0.29) is 18.4 Å². The van der Waals surface area contributed by atoms with Crippen LogP contribution in [0.2, 0.25) is 0 Å². The summed E-state index contributed by atoms with van der Waals surface area (Å²) >= 11 is 0. The van der Waals surface area contributed by atoms with Gasteiger partial charge in [-0.2, -0.15) is 8.42 Å². The second-order valence-corrected chi connectivity index (χ2v) is 7.86. The number of hydrogen-bond acceptors (Lipinski definition) is 4. The normalized spacial score (nSPS) is 32.0. The fraction of sp³-hybridized carbons (Fsp3) is 0.800. The van der Waals surface area contributed by atoms with E-state index >= 15 is 0 Å². The number of hydrogen-bond donors (Lipinski definition) is 1. The number of rotatable bonds is 8. The van der Waals surface area contributed by atoms with E-state index in [0.29, 0.717) is 18.3 Å². The van der Waals surface area contributed by atoms with Gasteiger partial charge in [0.1, 0.15) is 0 Å². The Hall–Kier alpha value is -0.880. The Labute approximate surface area is 126 Å². The van der Waals surface area contributed by atoms with Gasteiger partial charge in [0.25, 0.3) is 10.1 Å². The maximum absolute atomic E-state index is 11.4. The van der Waals surface area contributed by atoms with Gasteiger partial charge in [-0.15, -0.1) is 0 Å². The first-order valence-electron chi connectivity index (χ1n) is 7.62. The predicted molar refractivity (Wildman–Crippen MR) is 79.3 cm³/mol. The summed E-state index contributed by atoms with van der Waals surface area (Å²) in [5, 5.41) is 8.56. The molecule has 2 saturated carbocycles. The topological polar surface area (TPSA) is 80.7 Å². The second-order valence-electron chi connectivity index (χ2n) is 6.26. The van der Waals surface area contributed by atoms with Gasteiger partial charge in [0, 0.05) is 6.42 Å². The zero-order valence-electron chi connectivity index (χ0n) is 12.4. The Bertz CT molecular complexity index is 496. The molecule has 0 heterocycles. The van der Waals surface area contributed by atoms with Gasteiger partial charge in [-0.25, -0.2) is 0 Å². The SMILES string of the molecule is CS(=O)(=O)O[C@@H]1[C@H]2CC[C@H](C2)[C@H]1C/C=C\CCCC(=O)O.